The van der Waals surface area contributed by atoms with Gasteiger partial charge in [0.15, 0.2) is 0 Å². The summed E-state index contributed by atoms with van der Waals surface area (Å²) in [6, 6.07) is 0. The van der Waals surface area contributed by atoms with E-state index in [2.05, 4.69) is 38.0 Å². The Morgan fingerprint density at radius 2 is 1.12 bits per heavy atom. The monoisotopic (exact) mass is 230 g/mol. The van der Waals surface area contributed by atoms with Crippen molar-refractivity contribution in [3.05, 3.63) is 0 Å². The van der Waals surface area contributed by atoms with Crippen LogP contribution in [0.25, 0.3) is 0 Å². The Hall–Kier alpha value is -0.120. The molecule has 0 aromatic carbocycles. The van der Waals surface area contributed by atoms with E-state index in [1.807, 2.05) is 0 Å². The van der Waals surface area contributed by atoms with Gasteiger partial charge in [0.25, 0.3) is 0 Å². The standard InChI is InChI=1S/C13H30N2O/c1-14(2)11-7-5-9-13(16)10-6-8-12-15(3)4/h13,16H,5-12H2,1-4H3. The van der Waals surface area contributed by atoms with Crippen molar-refractivity contribution in [3.63, 3.8) is 0 Å². The molecule has 98 valence electrons. The van der Waals surface area contributed by atoms with Crippen molar-refractivity contribution in [3.8, 4) is 0 Å². The van der Waals surface area contributed by atoms with E-state index < -0.39 is 0 Å². The SMILES string of the molecule is CN(C)CCCCC(O)CCCCN(C)C. The smallest absolute Gasteiger partial charge is 0.0540 e. The summed E-state index contributed by atoms with van der Waals surface area (Å²) >= 11 is 0. The summed E-state index contributed by atoms with van der Waals surface area (Å²) in [4.78, 5) is 4.40. The minimum atomic E-state index is -0.0793. The van der Waals surface area contributed by atoms with E-state index >= 15 is 0 Å². The molecule has 3 heteroatoms. The Morgan fingerprint density at radius 1 is 0.750 bits per heavy atom. The first kappa shape index (κ1) is 15.9. The van der Waals surface area contributed by atoms with Gasteiger partial charge in [-0.3, -0.25) is 0 Å². The zero-order chi connectivity index (χ0) is 12.4. The molecular formula is C13H30N2O. The number of aliphatic hydroxyl groups is 1. The Bertz CT molecular complexity index is 133. The van der Waals surface area contributed by atoms with Gasteiger partial charge in [-0.05, 0) is 79.8 Å². The lowest BCUT2D eigenvalue weighted by Crippen LogP contribution is -2.15. The van der Waals surface area contributed by atoms with Gasteiger partial charge in [0.1, 0.15) is 0 Å². The summed E-state index contributed by atoms with van der Waals surface area (Å²) in [7, 11) is 8.38. The molecule has 16 heavy (non-hydrogen) atoms. The fraction of sp³-hybridized carbons (Fsp3) is 1.00. The first-order valence-electron chi connectivity index (χ1n) is 6.50. The highest BCUT2D eigenvalue weighted by Crippen LogP contribution is 2.08. The molecular weight excluding hydrogens is 200 g/mol. The van der Waals surface area contributed by atoms with Crippen LogP contribution in [0.5, 0.6) is 0 Å². The molecule has 3 nitrogen and oxygen atoms in total. The van der Waals surface area contributed by atoms with Gasteiger partial charge in [0, 0.05) is 0 Å². The third kappa shape index (κ3) is 12.0. The number of hydrogen-bond donors (Lipinski definition) is 1. The summed E-state index contributed by atoms with van der Waals surface area (Å²) in [6.07, 6.45) is 6.54. The molecule has 0 heterocycles. The summed E-state index contributed by atoms with van der Waals surface area (Å²) in [5.41, 5.74) is 0. The van der Waals surface area contributed by atoms with Crippen LogP contribution in [0.1, 0.15) is 38.5 Å². The van der Waals surface area contributed by atoms with Crippen molar-refractivity contribution in [2.45, 2.75) is 44.6 Å². The molecule has 0 aliphatic carbocycles. The Labute approximate surface area is 101 Å². The highest BCUT2D eigenvalue weighted by Gasteiger charge is 2.03. The summed E-state index contributed by atoms with van der Waals surface area (Å²) in [6.45, 7) is 2.26. The van der Waals surface area contributed by atoms with Gasteiger partial charge in [0.05, 0.1) is 6.10 Å². The molecule has 0 rings (SSSR count). The Kier molecular flexibility index (Phi) is 9.99. The Morgan fingerprint density at radius 3 is 1.44 bits per heavy atom. The second-order valence-corrected chi connectivity index (χ2v) is 5.25. The molecule has 0 saturated heterocycles. The number of hydrogen-bond acceptors (Lipinski definition) is 3. The summed E-state index contributed by atoms with van der Waals surface area (Å²) in [5.74, 6) is 0. The second kappa shape index (κ2) is 10.1. The number of rotatable bonds is 10. The quantitative estimate of drug-likeness (QED) is 0.580. The van der Waals surface area contributed by atoms with Gasteiger partial charge < -0.3 is 14.9 Å². The predicted octanol–water partition coefficient (Wildman–Crippen LogP) is 1.81. The van der Waals surface area contributed by atoms with E-state index in [1.54, 1.807) is 0 Å². The minimum absolute atomic E-state index is 0.0793. The Balaban J connectivity index is 3.21. The molecule has 0 unspecified atom stereocenters. The maximum absolute atomic E-state index is 9.75. The minimum Gasteiger partial charge on any atom is -0.393 e. The van der Waals surface area contributed by atoms with Crippen molar-refractivity contribution in [1.29, 1.82) is 0 Å². The summed E-state index contributed by atoms with van der Waals surface area (Å²) in [5, 5.41) is 9.75. The van der Waals surface area contributed by atoms with Crippen LogP contribution in [0.15, 0.2) is 0 Å². The first-order valence-corrected chi connectivity index (χ1v) is 6.50. The van der Waals surface area contributed by atoms with Crippen LogP contribution in [0.4, 0.5) is 0 Å². The fourth-order valence-electron chi connectivity index (χ4n) is 1.76. The molecule has 0 radical (unpaired) electrons. The molecule has 0 saturated carbocycles. The van der Waals surface area contributed by atoms with Crippen LogP contribution in [0, 0.1) is 0 Å². The van der Waals surface area contributed by atoms with Gasteiger partial charge >= 0.3 is 0 Å². The van der Waals surface area contributed by atoms with Crippen molar-refractivity contribution in [2.75, 3.05) is 41.3 Å². The molecule has 1 N–H and O–H groups in total. The van der Waals surface area contributed by atoms with Crippen LogP contribution in [-0.2, 0) is 0 Å². The van der Waals surface area contributed by atoms with E-state index in [9.17, 15) is 5.11 Å². The van der Waals surface area contributed by atoms with E-state index in [1.165, 1.54) is 12.8 Å². The van der Waals surface area contributed by atoms with Crippen LogP contribution >= 0.6 is 0 Å². The van der Waals surface area contributed by atoms with Gasteiger partial charge in [-0.15, -0.1) is 0 Å². The largest absolute Gasteiger partial charge is 0.393 e. The molecule has 0 spiro atoms. The number of aliphatic hydroxyl groups excluding tert-OH is 1. The molecule has 0 atom stereocenters. The van der Waals surface area contributed by atoms with Crippen LogP contribution < -0.4 is 0 Å². The highest BCUT2D eigenvalue weighted by molar-refractivity contribution is 4.58. The van der Waals surface area contributed by atoms with Crippen LogP contribution in [0.3, 0.4) is 0 Å². The molecule has 0 bridgehead atoms. The van der Waals surface area contributed by atoms with Gasteiger partial charge in [0.2, 0.25) is 0 Å². The maximum Gasteiger partial charge on any atom is 0.0540 e. The van der Waals surface area contributed by atoms with E-state index in [0.717, 1.165) is 38.8 Å². The van der Waals surface area contributed by atoms with Gasteiger partial charge in [-0.2, -0.15) is 0 Å². The number of unbranched alkanes of at least 4 members (excludes halogenated alkanes) is 2. The van der Waals surface area contributed by atoms with Crippen molar-refractivity contribution >= 4 is 0 Å². The topological polar surface area (TPSA) is 26.7 Å². The zero-order valence-corrected chi connectivity index (χ0v) is 11.6. The molecule has 0 amide bonds. The molecule has 0 aromatic rings. The second-order valence-electron chi connectivity index (χ2n) is 5.25. The maximum atomic E-state index is 9.75. The lowest BCUT2D eigenvalue weighted by molar-refractivity contribution is 0.145. The zero-order valence-electron chi connectivity index (χ0n) is 11.6. The molecule has 0 fully saturated rings. The first-order chi connectivity index (χ1) is 7.52. The van der Waals surface area contributed by atoms with Crippen molar-refractivity contribution in [2.24, 2.45) is 0 Å². The van der Waals surface area contributed by atoms with E-state index in [4.69, 9.17) is 0 Å². The van der Waals surface area contributed by atoms with E-state index in [0.29, 0.717) is 0 Å². The lowest BCUT2D eigenvalue weighted by Gasteiger charge is -2.13. The van der Waals surface area contributed by atoms with Crippen LogP contribution in [0.2, 0.25) is 0 Å². The fourth-order valence-corrected chi connectivity index (χ4v) is 1.76. The van der Waals surface area contributed by atoms with Gasteiger partial charge in [-0.25, -0.2) is 0 Å². The average Bonchev–Trinajstić information content (AvgIpc) is 2.19. The van der Waals surface area contributed by atoms with Gasteiger partial charge in [-0.1, -0.05) is 0 Å². The predicted molar refractivity (Wildman–Crippen MR) is 70.8 cm³/mol. The molecule has 0 aliphatic rings. The third-order valence-corrected chi connectivity index (χ3v) is 2.79. The highest BCUT2D eigenvalue weighted by atomic mass is 16.3. The average molecular weight is 230 g/mol. The van der Waals surface area contributed by atoms with E-state index in [-0.39, 0.29) is 6.10 Å². The van der Waals surface area contributed by atoms with Crippen molar-refractivity contribution in [1.82, 2.24) is 9.80 Å². The third-order valence-electron chi connectivity index (χ3n) is 2.79. The van der Waals surface area contributed by atoms with Crippen LogP contribution in [-0.4, -0.2) is 62.3 Å². The molecule has 0 aliphatic heterocycles. The number of nitrogens with zero attached hydrogens (tertiary/aromatic N) is 2. The lowest BCUT2D eigenvalue weighted by atomic mass is 10.1. The summed E-state index contributed by atoms with van der Waals surface area (Å²) < 4.78 is 0. The van der Waals surface area contributed by atoms with Crippen molar-refractivity contribution < 1.29 is 5.11 Å². The normalized spacial score (nSPS) is 12.0. The molecule has 0 aromatic heterocycles.